The van der Waals surface area contributed by atoms with Crippen molar-refractivity contribution >= 4 is 34.1 Å². The number of thiazole rings is 1. The average molecular weight is 361 g/mol. The van der Waals surface area contributed by atoms with Crippen molar-refractivity contribution in [1.82, 2.24) is 10.3 Å². The molecule has 1 heterocycles. The second kappa shape index (κ2) is 8.59. The van der Waals surface area contributed by atoms with E-state index >= 15 is 0 Å². The molecule has 3 amide bonds. The Labute approximate surface area is 151 Å². The number of nitrogens with two attached hydrogens (primary N) is 1. The first-order valence-electron chi connectivity index (χ1n) is 8.03. The Bertz CT molecular complexity index is 729. The number of nitrogens with one attached hydrogen (secondary N) is 2. The molecule has 0 aliphatic rings. The molecule has 1 unspecified atom stereocenters. The van der Waals surface area contributed by atoms with Crippen molar-refractivity contribution in [1.29, 1.82) is 0 Å². The van der Waals surface area contributed by atoms with Gasteiger partial charge in [0.05, 0.1) is 5.69 Å². The average Bonchev–Trinajstić information content (AvgIpc) is 3.01. The molecule has 0 radical (unpaired) electrons. The maximum Gasteiger partial charge on any atom is 0.316 e. The molecule has 1 atom stereocenters. The SMILES string of the molecule is CCN(C(C)=O)c1nc(CNC(C)c2ccc(NC(N)=O)cc2)cs1. The van der Waals surface area contributed by atoms with Crippen molar-refractivity contribution in [3.05, 3.63) is 40.9 Å². The van der Waals surface area contributed by atoms with Crippen molar-refractivity contribution in [2.45, 2.75) is 33.4 Å². The molecular weight excluding hydrogens is 338 g/mol. The highest BCUT2D eigenvalue weighted by Crippen LogP contribution is 2.21. The van der Waals surface area contributed by atoms with E-state index in [4.69, 9.17) is 5.73 Å². The maximum atomic E-state index is 11.6. The van der Waals surface area contributed by atoms with Gasteiger partial charge in [-0.25, -0.2) is 9.78 Å². The molecule has 0 aliphatic heterocycles. The highest BCUT2D eigenvalue weighted by Gasteiger charge is 2.14. The molecule has 1 aromatic carbocycles. The number of hydrogen-bond acceptors (Lipinski definition) is 5. The third-order valence-corrected chi connectivity index (χ3v) is 4.65. The van der Waals surface area contributed by atoms with Gasteiger partial charge in [-0.1, -0.05) is 12.1 Å². The fourth-order valence-electron chi connectivity index (χ4n) is 2.37. The molecule has 0 saturated heterocycles. The molecule has 4 N–H and O–H groups in total. The minimum Gasteiger partial charge on any atom is -0.351 e. The summed E-state index contributed by atoms with van der Waals surface area (Å²) in [7, 11) is 0. The number of aromatic nitrogens is 1. The van der Waals surface area contributed by atoms with Crippen LogP contribution in [0.4, 0.5) is 15.6 Å². The Morgan fingerprint density at radius 1 is 1.32 bits per heavy atom. The molecule has 134 valence electrons. The van der Waals surface area contributed by atoms with E-state index in [1.807, 2.05) is 36.6 Å². The molecule has 0 spiro atoms. The van der Waals surface area contributed by atoms with Crippen LogP contribution >= 0.6 is 11.3 Å². The van der Waals surface area contributed by atoms with Crippen molar-refractivity contribution in [3.8, 4) is 0 Å². The molecule has 8 heteroatoms. The second-order valence-corrected chi connectivity index (χ2v) is 6.44. The van der Waals surface area contributed by atoms with Gasteiger partial charge in [-0.15, -0.1) is 11.3 Å². The van der Waals surface area contributed by atoms with Gasteiger partial charge < -0.3 is 16.4 Å². The van der Waals surface area contributed by atoms with Crippen LogP contribution in [0.5, 0.6) is 0 Å². The van der Waals surface area contributed by atoms with Crippen LogP contribution in [0.3, 0.4) is 0 Å². The molecule has 1 aromatic heterocycles. The van der Waals surface area contributed by atoms with Gasteiger partial charge in [0.1, 0.15) is 0 Å². The quantitative estimate of drug-likeness (QED) is 0.706. The third kappa shape index (κ3) is 5.27. The number of amides is 3. The summed E-state index contributed by atoms with van der Waals surface area (Å²) in [5.74, 6) is -0.00520. The van der Waals surface area contributed by atoms with Gasteiger partial charge >= 0.3 is 6.03 Å². The van der Waals surface area contributed by atoms with Crippen LogP contribution in [0.25, 0.3) is 0 Å². The first-order chi connectivity index (χ1) is 11.9. The summed E-state index contributed by atoms with van der Waals surface area (Å²) in [4.78, 5) is 28.6. The topological polar surface area (TPSA) is 100 Å². The van der Waals surface area contributed by atoms with E-state index in [9.17, 15) is 9.59 Å². The largest absolute Gasteiger partial charge is 0.351 e. The van der Waals surface area contributed by atoms with Crippen molar-refractivity contribution < 1.29 is 9.59 Å². The van der Waals surface area contributed by atoms with Crippen LogP contribution in [0.15, 0.2) is 29.6 Å². The predicted molar refractivity (Wildman–Crippen MR) is 101 cm³/mol. The molecular formula is C17H23N5O2S. The van der Waals surface area contributed by atoms with Crippen LogP contribution in [-0.4, -0.2) is 23.5 Å². The molecule has 0 aliphatic carbocycles. The van der Waals surface area contributed by atoms with E-state index in [2.05, 4.69) is 22.5 Å². The third-order valence-electron chi connectivity index (χ3n) is 3.73. The van der Waals surface area contributed by atoms with Crippen LogP contribution in [0.1, 0.15) is 38.1 Å². The first-order valence-corrected chi connectivity index (χ1v) is 8.91. The Kier molecular flexibility index (Phi) is 6.49. The van der Waals surface area contributed by atoms with E-state index in [-0.39, 0.29) is 11.9 Å². The summed E-state index contributed by atoms with van der Waals surface area (Å²) in [5, 5.41) is 8.62. The van der Waals surface area contributed by atoms with Crippen LogP contribution < -0.4 is 21.3 Å². The highest BCUT2D eigenvalue weighted by molar-refractivity contribution is 7.14. The lowest BCUT2D eigenvalue weighted by Gasteiger charge is -2.15. The fourth-order valence-corrected chi connectivity index (χ4v) is 3.30. The number of anilines is 2. The predicted octanol–water partition coefficient (Wildman–Crippen LogP) is 2.86. The molecule has 7 nitrogen and oxygen atoms in total. The number of carbonyl (C=O) groups is 2. The van der Waals surface area contributed by atoms with Crippen molar-refractivity contribution in [2.24, 2.45) is 5.73 Å². The number of benzene rings is 1. The molecule has 2 rings (SSSR count). The summed E-state index contributed by atoms with van der Waals surface area (Å²) in [6, 6.07) is 7.03. The van der Waals surface area contributed by atoms with Crippen molar-refractivity contribution in [2.75, 3.05) is 16.8 Å². The summed E-state index contributed by atoms with van der Waals surface area (Å²) in [6.07, 6.45) is 0. The Morgan fingerprint density at radius 2 is 2.00 bits per heavy atom. The summed E-state index contributed by atoms with van der Waals surface area (Å²) in [5.41, 5.74) is 7.75. The Morgan fingerprint density at radius 3 is 2.56 bits per heavy atom. The summed E-state index contributed by atoms with van der Waals surface area (Å²) >= 11 is 1.47. The summed E-state index contributed by atoms with van der Waals surface area (Å²) in [6.45, 7) is 6.74. The molecule has 2 aromatic rings. The number of rotatable bonds is 7. The number of primary amides is 1. The lowest BCUT2D eigenvalue weighted by atomic mass is 10.1. The molecule has 0 saturated carbocycles. The zero-order chi connectivity index (χ0) is 18.4. The van der Waals surface area contributed by atoms with E-state index in [1.54, 1.807) is 11.8 Å². The monoisotopic (exact) mass is 361 g/mol. The first kappa shape index (κ1) is 18.9. The zero-order valence-electron chi connectivity index (χ0n) is 14.6. The number of hydrogen-bond donors (Lipinski definition) is 3. The smallest absolute Gasteiger partial charge is 0.316 e. The minimum absolute atomic E-state index is 0.00520. The standard InChI is InChI=1S/C17H23N5O2S/c1-4-22(12(3)23)17-21-15(10-25-17)9-19-11(2)13-5-7-14(8-6-13)20-16(18)24/h5-8,10-11,19H,4,9H2,1-3H3,(H3,18,20,24). The van der Waals surface area contributed by atoms with Crippen LogP contribution in [0, 0.1) is 0 Å². The normalized spacial score (nSPS) is 11.8. The fraction of sp³-hybridized carbons (Fsp3) is 0.353. The van der Waals surface area contributed by atoms with Gasteiger partial charge in [0, 0.05) is 37.1 Å². The number of urea groups is 1. The van der Waals surface area contributed by atoms with Gasteiger partial charge in [-0.05, 0) is 31.5 Å². The maximum absolute atomic E-state index is 11.6. The highest BCUT2D eigenvalue weighted by atomic mass is 32.1. The van der Waals surface area contributed by atoms with Crippen LogP contribution in [0.2, 0.25) is 0 Å². The lowest BCUT2D eigenvalue weighted by Crippen LogP contribution is -2.27. The number of carbonyl (C=O) groups excluding carboxylic acids is 2. The van der Waals surface area contributed by atoms with Gasteiger partial charge in [0.15, 0.2) is 5.13 Å². The molecule has 25 heavy (non-hydrogen) atoms. The number of nitrogens with zero attached hydrogens (tertiary/aromatic N) is 2. The van der Waals surface area contributed by atoms with E-state index in [0.29, 0.717) is 18.8 Å². The Balaban J connectivity index is 1.93. The van der Waals surface area contributed by atoms with Crippen molar-refractivity contribution in [3.63, 3.8) is 0 Å². The minimum atomic E-state index is -0.579. The molecule has 0 fully saturated rings. The zero-order valence-corrected chi connectivity index (χ0v) is 15.4. The van der Waals surface area contributed by atoms with E-state index < -0.39 is 6.03 Å². The van der Waals surface area contributed by atoms with Gasteiger partial charge in [-0.2, -0.15) is 0 Å². The van der Waals surface area contributed by atoms with Gasteiger partial charge in [-0.3, -0.25) is 9.69 Å². The van der Waals surface area contributed by atoms with Crippen LogP contribution in [-0.2, 0) is 11.3 Å². The Hall–Kier alpha value is -2.45. The van der Waals surface area contributed by atoms with E-state index in [1.165, 1.54) is 11.3 Å². The lowest BCUT2D eigenvalue weighted by molar-refractivity contribution is -0.116. The van der Waals surface area contributed by atoms with Gasteiger partial charge in [0.25, 0.3) is 0 Å². The second-order valence-electron chi connectivity index (χ2n) is 5.60. The van der Waals surface area contributed by atoms with E-state index in [0.717, 1.165) is 16.4 Å². The van der Waals surface area contributed by atoms with Gasteiger partial charge in [0.2, 0.25) is 5.91 Å². The molecule has 0 bridgehead atoms. The summed E-state index contributed by atoms with van der Waals surface area (Å²) < 4.78 is 0.